The number of hydrogen-bond donors (Lipinski definition) is 3. The zero-order valence-corrected chi connectivity index (χ0v) is 23.0. The number of para-hydroxylation sites is 1. The number of carbonyl (C=O) groups excluding carboxylic acids is 3. The maximum absolute atomic E-state index is 13.2. The average Bonchev–Trinajstić information content (AvgIpc) is 3.25. The predicted octanol–water partition coefficient (Wildman–Crippen LogP) is 4.45. The molecule has 3 aromatic rings. The molecule has 5 fully saturated rings. The number of amides is 3. The van der Waals surface area contributed by atoms with Gasteiger partial charge >= 0.3 is 0 Å². The molecule has 1 saturated heterocycles. The summed E-state index contributed by atoms with van der Waals surface area (Å²) >= 11 is 0. The van der Waals surface area contributed by atoms with Gasteiger partial charge in [-0.2, -0.15) is 5.10 Å². The molecular formula is C32H37N5O3. The van der Waals surface area contributed by atoms with Gasteiger partial charge in [0, 0.05) is 30.0 Å². The van der Waals surface area contributed by atoms with Gasteiger partial charge in [-0.05, 0) is 99.4 Å². The number of aromatic nitrogens is 2. The van der Waals surface area contributed by atoms with Crippen molar-refractivity contribution in [3.63, 3.8) is 0 Å². The van der Waals surface area contributed by atoms with Crippen molar-refractivity contribution in [2.75, 3.05) is 11.9 Å². The highest BCUT2D eigenvalue weighted by molar-refractivity contribution is 6.09. The monoisotopic (exact) mass is 539 g/mol. The lowest BCUT2D eigenvalue weighted by molar-refractivity contribution is -0.134. The minimum absolute atomic E-state index is 0.186. The Morgan fingerprint density at radius 3 is 2.40 bits per heavy atom. The van der Waals surface area contributed by atoms with E-state index in [2.05, 4.69) is 33.2 Å². The second-order valence-electron chi connectivity index (χ2n) is 12.7. The Labute approximate surface area is 234 Å². The van der Waals surface area contributed by atoms with Crippen LogP contribution in [0.4, 0.5) is 5.69 Å². The molecule has 208 valence electrons. The Morgan fingerprint density at radius 1 is 1.02 bits per heavy atom. The van der Waals surface area contributed by atoms with Crippen LogP contribution in [0.15, 0.2) is 42.5 Å². The quantitative estimate of drug-likeness (QED) is 0.385. The molecule has 1 unspecified atom stereocenters. The molecule has 8 rings (SSSR count). The molecule has 2 heterocycles. The van der Waals surface area contributed by atoms with Crippen LogP contribution in [0.2, 0.25) is 0 Å². The number of rotatable bonds is 7. The van der Waals surface area contributed by atoms with Crippen LogP contribution < -0.4 is 16.0 Å². The summed E-state index contributed by atoms with van der Waals surface area (Å²) in [5.74, 6) is 1.58. The number of nitrogens with zero attached hydrogens (tertiary/aromatic N) is 2. The van der Waals surface area contributed by atoms with E-state index in [1.165, 1.54) is 44.1 Å². The van der Waals surface area contributed by atoms with Crippen LogP contribution >= 0.6 is 0 Å². The first-order chi connectivity index (χ1) is 19.4. The van der Waals surface area contributed by atoms with E-state index in [0.717, 1.165) is 41.6 Å². The second kappa shape index (κ2) is 9.84. The lowest BCUT2D eigenvalue weighted by atomic mass is 9.53. The number of piperidine rings is 1. The second-order valence-corrected chi connectivity index (χ2v) is 12.7. The Hall–Kier alpha value is -3.52. The van der Waals surface area contributed by atoms with Gasteiger partial charge in [0.1, 0.15) is 0 Å². The van der Waals surface area contributed by atoms with Gasteiger partial charge in [-0.15, -0.1) is 0 Å². The van der Waals surface area contributed by atoms with Gasteiger partial charge in [0.2, 0.25) is 11.8 Å². The summed E-state index contributed by atoms with van der Waals surface area (Å²) in [6, 6.07) is 13.5. The fourth-order valence-electron chi connectivity index (χ4n) is 8.49. The van der Waals surface area contributed by atoms with Gasteiger partial charge < -0.3 is 10.6 Å². The van der Waals surface area contributed by atoms with E-state index in [1.54, 1.807) is 11.7 Å². The van der Waals surface area contributed by atoms with Crippen molar-refractivity contribution < 1.29 is 14.4 Å². The molecule has 8 heteroatoms. The summed E-state index contributed by atoms with van der Waals surface area (Å²) < 4.78 is 1.70. The molecule has 4 bridgehead atoms. The first-order valence-electron chi connectivity index (χ1n) is 14.8. The Balaban J connectivity index is 1.01. The number of imide groups is 1. The Bertz CT molecular complexity index is 1450. The highest BCUT2D eigenvalue weighted by Gasteiger charge is 2.50. The maximum atomic E-state index is 13.2. The van der Waals surface area contributed by atoms with Gasteiger partial charge in [-0.3, -0.25) is 24.4 Å². The zero-order valence-electron chi connectivity index (χ0n) is 23.0. The van der Waals surface area contributed by atoms with Crippen molar-refractivity contribution in [2.24, 2.45) is 24.8 Å². The molecule has 0 spiro atoms. The first-order valence-corrected chi connectivity index (χ1v) is 14.8. The van der Waals surface area contributed by atoms with E-state index in [0.29, 0.717) is 35.3 Å². The van der Waals surface area contributed by atoms with E-state index in [1.807, 2.05) is 30.3 Å². The number of nitrogens with one attached hydrogen (secondary N) is 3. The molecule has 40 heavy (non-hydrogen) atoms. The van der Waals surface area contributed by atoms with Crippen LogP contribution in [-0.2, 0) is 23.1 Å². The van der Waals surface area contributed by atoms with Crippen molar-refractivity contribution in [3.8, 4) is 0 Å². The van der Waals surface area contributed by atoms with Gasteiger partial charge in [0.25, 0.3) is 5.91 Å². The van der Waals surface area contributed by atoms with Crippen LogP contribution in [0.25, 0.3) is 10.9 Å². The zero-order chi connectivity index (χ0) is 27.4. The largest absolute Gasteiger partial charge is 0.320 e. The topological polar surface area (TPSA) is 105 Å². The SMILES string of the molecule is Cn1nc(C2CCC(=O)NC2=O)c2cccc(NC(=O)c3ccc(CCNC45CC6CC(CC(C6)C4)C5)cc3)c21. The third-order valence-corrected chi connectivity index (χ3v) is 9.88. The number of carbonyl (C=O) groups is 3. The molecule has 2 aromatic carbocycles. The van der Waals surface area contributed by atoms with Crippen molar-refractivity contribution in [3.05, 3.63) is 59.3 Å². The highest BCUT2D eigenvalue weighted by atomic mass is 16.2. The lowest BCUT2D eigenvalue weighted by Gasteiger charge is -2.57. The maximum Gasteiger partial charge on any atom is 0.255 e. The number of benzene rings is 2. The lowest BCUT2D eigenvalue weighted by Crippen LogP contribution is -2.58. The number of aryl methyl sites for hydroxylation is 1. The third-order valence-electron chi connectivity index (χ3n) is 9.88. The van der Waals surface area contributed by atoms with E-state index in [4.69, 9.17) is 0 Å². The van der Waals surface area contributed by atoms with Crippen molar-refractivity contribution in [1.82, 2.24) is 20.4 Å². The third kappa shape index (κ3) is 4.62. The Morgan fingerprint density at radius 2 is 1.73 bits per heavy atom. The first kappa shape index (κ1) is 25.4. The summed E-state index contributed by atoms with van der Waals surface area (Å²) in [5.41, 5.74) is 4.23. The van der Waals surface area contributed by atoms with E-state index >= 15 is 0 Å². The summed E-state index contributed by atoms with van der Waals surface area (Å²) in [6.45, 7) is 0.982. The van der Waals surface area contributed by atoms with Crippen LogP contribution in [0.1, 0.15) is 78.9 Å². The molecule has 4 saturated carbocycles. The summed E-state index contributed by atoms with van der Waals surface area (Å²) in [5, 5.41) is 14.9. The van der Waals surface area contributed by atoms with E-state index < -0.39 is 5.92 Å². The number of hydrogen-bond acceptors (Lipinski definition) is 5. The Kier molecular flexibility index (Phi) is 6.26. The smallest absolute Gasteiger partial charge is 0.255 e. The van der Waals surface area contributed by atoms with Gasteiger partial charge in [0.05, 0.1) is 22.8 Å². The highest BCUT2D eigenvalue weighted by Crippen LogP contribution is 2.55. The fraction of sp³-hybridized carbons (Fsp3) is 0.500. The predicted molar refractivity (Wildman–Crippen MR) is 153 cm³/mol. The minimum atomic E-state index is -0.489. The number of anilines is 1. The molecular weight excluding hydrogens is 502 g/mol. The molecule has 3 amide bonds. The van der Waals surface area contributed by atoms with Crippen LogP contribution in [0.3, 0.4) is 0 Å². The molecule has 4 aliphatic carbocycles. The van der Waals surface area contributed by atoms with E-state index in [-0.39, 0.29) is 17.7 Å². The van der Waals surface area contributed by atoms with Crippen molar-refractivity contribution in [2.45, 2.75) is 69.2 Å². The van der Waals surface area contributed by atoms with Crippen LogP contribution in [0.5, 0.6) is 0 Å². The average molecular weight is 540 g/mol. The number of fused-ring (bicyclic) bond motifs is 1. The van der Waals surface area contributed by atoms with Crippen LogP contribution in [0, 0.1) is 17.8 Å². The molecule has 0 radical (unpaired) electrons. The summed E-state index contributed by atoms with van der Waals surface area (Å²) in [4.78, 5) is 37.3. The summed E-state index contributed by atoms with van der Waals surface area (Å²) in [6.07, 6.45) is 10.1. The molecule has 3 N–H and O–H groups in total. The normalized spacial score (nSPS) is 29.1. The van der Waals surface area contributed by atoms with Gasteiger partial charge in [0.15, 0.2) is 0 Å². The van der Waals surface area contributed by atoms with Crippen molar-refractivity contribution in [1.29, 1.82) is 0 Å². The molecule has 1 atom stereocenters. The van der Waals surface area contributed by atoms with Gasteiger partial charge in [-0.25, -0.2) is 0 Å². The summed E-state index contributed by atoms with van der Waals surface area (Å²) in [7, 11) is 1.81. The molecule has 8 nitrogen and oxygen atoms in total. The molecule has 5 aliphatic rings. The van der Waals surface area contributed by atoms with E-state index in [9.17, 15) is 14.4 Å². The molecule has 1 aromatic heterocycles. The minimum Gasteiger partial charge on any atom is -0.320 e. The van der Waals surface area contributed by atoms with Crippen LogP contribution in [-0.4, -0.2) is 39.6 Å². The molecule has 1 aliphatic heterocycles. The van der Waals surface area contributed by atoms with Crippen molar-refractivity contribution >= 4 is 34.3 Å². The fourth-order valence-corrected chi connectivity index (χ4v) is 8.49. The standard InChI is InChI=1S/C32H37N5O3/c1-37-29-24(28(36-37)25-9-10-27(38)35-31(25)40)3-2-4-26(29)34-30(39)23-7-5-19(6-8-23)11-12-33-32-16-20-13-21(17-32)15-22(14-20)18-32/h2-8,20-22,25,33H,9-18H2,1H3,(H,34,39)(H,35,38,40). The van der Waals surface area contributed by atoms with Gasteiger partial charge in [-0.1, -0.05) is 24.3 Å².